The summed E-state index contributed by atoms with van der Waals surface area (Å²) in [7, 11) is 1.36. The van der Waals surface area contributed by atoms with Gasteiger partial charge in [-0.05, 0) is 61.0 Å². The molecule has 3 aromatic rings. The number of nitrogens with one attached hydrogen (secondary N) is 1. The molecule has 0 fully saturated rings. The first-order chi connectivity index (χ1) is 16.1. The Morgan fingerprint density at radius 2 is 1.85 bits per heavy atom. The number of halogens is 1. The van der Waals surface area contributed by atoms with Crippen LogP contribution in [0, 0.1) is 5.82 Å². The van der Waals surface area contributed by atoms with Gasteiger partial charge in [0.05, 0.1) is 31.0 Å². The summed E-state index contributed by atoms with van der Waals surface area (Å²) in [4.78, 5) is 11.9. The van der Waals surface area contributed by atoms with Crippen LogP contribution < -0.4 is 14.9 Å². The molecule has 33 heavy (non-hydrogen) atoms. The van der Waals surface area contributed by atoms with E-state index in [2.05, 4.69) is 11.5 Å². The van der Waals surface area contributed by atoms with Gasteiger partial charge in [-0.2, -0.15) is 5.01 Å². The summed E-state index contributed by atoms with van der Waals surface area (Å²) in [5.74, 6) is 0.678. The predicted octanol–water partition coefficient (Wildman–Crippen LogP) is 5.00. The highest BCUT2D eigenvalue weighted by molar-refractivity contribution is 5.89. The molecule has 7 heteroatoms. The maximum Gasteiger partial charge on any atom is 0.337 e. The van der Waals surface area contributed by atoms with E-state index in [0.29, 0.717) is 23.7 Å². The predicted molar refractivity (Wildman–Crippen MR) is 121 cm³/mol. The summed E-state index contributed by atoms with van der Waals surface area (Å²) in [6.45, 7) is 2.45. The molecular formula is C26H23FN2O4. The van der Waals surface area contributed by atoms with Crippen molar-refractivity contribution < 1.29 is 23.4 Å². The number of benzene rings is 3. The van der Waals surface area contributed by atoms with E-state index >= 15 is 0 Å². The second-order valence-electron chi connectivity index (χ2n) is 7.74. The lowest BCUT2D eigenvalue weighted by Crippen LogP contribution is -2.43. The van der Waals surface area contributed by atoms with Crippen LogP contribution in [0.15, 0.2) is 72.8 Å². The molecule has 2 atom stereocenters. The molecule has 5 rings (SSSR count). The second-order valence-corrected chi connectivity index (χ2v) is 7.74. The minimum absolute atomic E-state index is 0.139. The number of rotatable bonds is 5. The Morgan fingerprint density at radius 3 is 2.55 bits per heavy atom. The van der Waals surface area contributed by atoms with E-state index in [9.17, 15) is 9.18 Å². The molecular weight excluding hydrogens is 423 g/mol. The number of fused-ring (bicyclic) bond motifs is 3. The molecule has 168 valence electrons. The monoisotopic (exact) mass is 446 g/mol. The molecule has 0 bridgehead atoms. The highest BCUT2D eigenvalue weighted by Gasteiger charge is 2.41. The summed E-state index contributed by atoms with van der Waals surface area (Å²) < 4.78 is 30.6. The average Bonchev–Trinajstić information content (AvgIpc) is 3.30. The van der Waals surface area contributed by atoms with Crippen LogP contribution in [0.1, 0.15) is 46.2 Å². The molecule has 1 N–H and O–H groups in total. The van der Waals surface area contributed by atoms with Gasteiger partial charge >= 0.3 is 5.97 Å². The zero-order valence-corrected chi connectivity index (χ0v) is 18.2. The molecule has 6 nitrogen and oxygen atoms in total. The molecule has 2 aliphatic rings. The fraction of sp³-hybridized carbons (Fsp3) is 0.192. The van der Waals surface area contributed by atoms with Crippen molar-refractivity contribution >= 4 is 11.7 Å². The summed E-state index contributed by atoms with van der Waals surface area (Å²) >= 11 is 0. The van der Waals surface area contributed by atoms with Crippen molar-refractivity contribution in [3.8, 4) is 11.5 Å². The number of ether oxygens (including phenoxy) is 3. The Kier molecular flexibility index (Phi) is 5.48. The number of hydrazine groups is 1. The minimum Gasteiger partial charge on any atom is -0.490 e. The number of nitrogens with zero attached hydrogens (tertiary/aromatic N) is 1. The summed E-state index contributed by atoms with van der Waals surface area (Å²) in [5.41, 5.74) is 7.44. The highest BCUT2D eigenvalue weighted by atomic mass is 19.1. The molecule has 2 heterocycles. The van der Waals surface area contributed by atoms with E-state index in [4.69, 9.17) is 14.2 Å². The topological polar surface area (TPSA) is 60.0 Å². The van der Waals surface area contributed by atoms with Gasteiger partial charge in [-0.1, -0.05) is 24.3 Å². The van der Waals surface area contributed by atoms with Crippen molar-refractivity contribution in [3.63, 3.8) is 0 Å². The third-order valence-electron chi connectivity index (χ3n) is 5.76. The second kappa shape index (κ2) is 8.60. The van der Waals surface area contributed by atoms with Gasteiger partial charge in [0, 0.05) is 11.1 Å². The third kappa shape index (κ3) is 3.81. The first-order valence-electron chi connectivity index (χ1n) is 10.7. The Hall–Kier alpha value is -3.84. The molecule has 2 aliphatic heterocycles. The van der Waals surface area contributed by atoms with Crippen LogP contribution in [0.3, 0.4) is 0 Å². The lowest BCUT2D eigenvalue weighted by atomic mass is 10.00. The van der Waals surface area contributed by atoms with Gasteiger partial charge in [0.2, 0.25) is 0 Å². The third-order valence-corrected chi connectivity index (χ3v) is 5.76. The SMILES string of the molecule is CCOc1cccc2c1OC(c1ccc(C(=O)OC)cc1)N1NC(c3ccc(F)cc3)=CC21. The molecule has 0 amide bonds. The molecule has 0 saturated heterocycles. The van der Waals surface area contributed by atoms with Crippen molar-refractivity contribution in [2.75, 3.05) is 13.7 Å². The quantitative estimate of drug-likeness (QED) is 0.557. The van der Waals surface area contributed by atoms with Crippen molar-refractivity contribution in [3.05, 3.63) is 101 Å². The van der Waals surface area contributed by atoms with Crippen molar-refractivity contribution in [1.82, 2.24) is 10.4 Å². The number of carbonyl (C=O) groups excluding carboxylic acids is 1. The number of esters is 1. The van der Waals surface area contributed by atoms with Crippen LogP contribution >= 0.6 is 0 Å². The first kappa shape index (κ1) is 21.0. The molecule has 2 unspecified atom stereocenters. The lowest BCUT2D eigenvalue weighted by Gasteiger charge is -2.39. The van der Waals surface area contributed by atoms with E-state index in [-0.39, 0.29) is 11.9 Å². The van der Waals surface area contributed by atoms with Crippen molar-refractivity contribution in [2.45, 2.75) is 19.2 Å². The van der Waals surface area contributed by atoms with Gasteiger partial charge < -0.3 is 19.6 Å². The molecule has 0 radical (unpaired) electrons. The zero-order chi connectivity index (χ0) is 22.9. The van der Waals surface area contributed by atoms with E-state index in [1.165, 1.54) is 19.2 Å². The Morgan fingerprint density at radius 1 is 1.09 bits per heavy atom. The summed E-state index contributed by atoms with van der Waals surface area (Å²) in [6, 6.07) is 19.2. The number of hydrogen-bond donors (Lipinski definition) is 1. The van der Waals surface area contributed by atoms with Crippen LogP contribution in [-0.2, 0) is 4.74 Å². The summed E-state index contributed by atoms with van der Waals surface area (Å²) in [5, 5.41) is 2.00. The first-order valence-corrected chi connectivity index (χ1v) is 10.7. The van der Waals surface area contributed by atoms with E-state index in [1.807, 2.05) is 42.3 Å². The van der Waals surface area contributed by atoms with E-state index in [1.54, 1.807) is 24.3 Å². The average molecular weight is 446 g/mol. The number of hydrogen-bond acceptors (Lipinski definition) is 6. The zero-order valence-electron chi connectivity index (χ0n) is 18.2. The van der Waals surface area contributed by atoms with Crippen LogP contribution in [0.4, 0.5) is 4.39 Å². The Bertz CT molecular complexity index is 1210. The van der Waals surface area contributed by atoms with E-state index in [0.717, 1.165) is 22.4 Å². The maximum atomic E-state index is 13.5. The number of para-hydroxylation sites is 1. The van der Waals surface area contributed by atoms with Crippen molar-refractivity contribution in [1.29, 1.82) is 0 Å². The smallest absolute Gasteiger partial charge is 0.337 e. The van der Waals surface area contributed by atoms with Gasteiger partial charge in [-0.25, -0.2) is 9.18 Å². The molecule has 0 aromatic heterocycles. The normalized spacial score (nSPS) is 18.9. The summed E-state index contributed by atoms with van der Waals surface area (Å²) in [6.07, 6.45) is 1.60. The van der Waals surface area contributed by atoms with Gasteiger partial charge in [0.25, 0.3) is 0 Å². The minimum atomic E-state index is -0.495. The van der Waals surface area contributed by atoms with Crippen LogP contribution in [-0.4, -0.2) is 24.7 Å². The standard InChI is InChI=1S/C26H23FN2O4/c1-3-32-23-6-4-5-20-22-15-21(16-11-13-19(27)14-12-16)28-29(22)25(33-24(20)23)17-7-9-18(10-8-17)26(30)31-2/h4-15,22,25,28H,3H2,1-2H3. The van der Waals surface area contributed by atoms with Gasteiger partial charge in [0.1, 0.15) is 5.82 Å². The highest BCUT2D eigenvalue weighted by Crippen LogP contribution is 2.49. The maximum absolute atomic E-state index is 13.5. The fourth-order valence-electron chi connectivity index (χ4n) is 4.18. The molecule has 0 aliphatic carbocycles. The lowest BCUT2D eigenvalue weighted by molar-refractivity contribution is -0.0345. The van der Waals surface area contributed by atoms with Crippen molar-refractivity contribution in [2.24, 2.45) is 0 Å². The molecule has 0 saturated carbocycles. The fourth-order valence-corrected chi connectivity index (χ4v) is 4.18. The molecule has 0 spiro atoms. The van der Waals surface area contributed by atoms with Crippen LogP contribution in [0.2, 0.25) is 0 Å². The molecule has 3 aromatic carbocycles. The Labute approximate surface area is 191 Å². The largest absolute Gasteiger partial charge is 0.490 e. The number of methoxy groups -OCH3 is 1. The van der Waals surface area contributed by atoms with Gasteiger partial charge in [-0.15, -0.1) is 0 Å². The Balaban J connectivity index is 1.56. The van der Waals surface area contributed by atoms with Gasteiger partial charge in [-0.3, -0.25) is 0 Å². The van der Waals surface area contributed by atoms with E-state index < -0.39 is 12.2 Å². The van der Waals surface area contributed by atoms with Crippen LogP contribution in [0.5, 0.6) is 11.5 Å². The van der Waals surface area contributed by atoms with Crippen LogP contribution in [0.25, 0.3) is 5.70 Å². The van der Waals surface area contributed by atoms with Gasteiger partial charge in [0.15, 0.2) is 17.7 Å². The number of carbonyl (C=O) groups is 1.